The van der Waals surface area contributed by atoms with E-state index >= 15 is 0 Å². The fourth-order valence-electron chi connectivity index (χ4n) is 2.23. The van der Waals surface area contributed by atoms with Crippen molar-refractivity contribution in [3.05, 3.63) is 23.9 Å². The second-order valence-corrected chi connectivity index (χ2v) is 4.42. The number of nitrogens with two attached hydrogens (primary N) is 1. The minimum absolute atomic E-state index is 0.0632. The Morgan fingerprint density at radius 3 is 3.17 bits per heavy atom. The lowest BCUT2D eigenvalue weighted by atomic mass is 10.1. The Morgan fingerprint density at radius 1 is 1.61 bits per heavy atom. The van der Waals surface area contributed by atoms with Crippen molar-refractivity contribution in [3.63, 3.8) is 0 Å². The number of aromatic nitrogens is 1. The Hall–Kier alpha value is -1.62. The van der Waals surface area contributed by atoms with Crippen LogP contribution in [-0.2, 0) is 4.74 Å². The monoisotopic (exact) mass is 249 g/mol. The molecule has 5 heteroatoms. The van der Waals surface area contributed by atoms with E-state index in [1.54, 1.807) is 23.1 Å². The summed E-state index contributed by atoms with van der Waals surface area (Å²) in [6.45, 7) is 4.06. The van der Waals surface area contributed by atoms with Crippen LogP contribution in [0.25, 0.3) is 0 Å². The molecule has 1 amide bonds. The molecule has 18 heavy (non-hydrogen) atoms. The molecule has 0 aromatic carbocycles. The number of rotatable bonds is 3. The lowest BCUT2D eigenvalue weighted by Gasteiger charge is -2.32. The second-order valence-electron chi connectivity index (χ2n) is 4.42. The molecule has 0 spiro atoms. The van der Waals surface area contributed by atoms with Crippen LogP contribution in [0.4, 0.5) is 5.82 Å². The maximum Gasteiger partial charge on any atom is 0.272 e. The summed E-state index contributed by atoms with van der Waals surface area (Å²) in [7, 11) is 0. The Balaban J connectivity index is 2.04. The molecule has 1 aliphatic rings. The molecule has 0 aliphatic carbocycles. The highest BCUT2D eigenvalue weighted by Gasteiger charge is 2.25. The molecule has 1 fully saturated rings. The van der Waals surface area contributed by atoms with Crippen LogP contribution in [-0.4, -0.2) is 41.6 Å². The van der Waals surface area contributed by atoms with Crippen molar-refractivity contribution in [2.24, 2.45) is 0 Å². The lowest BCUT2D eigenvalue weighted by Crippen LogP contribution is -2.43. The molecule has 0 saturated carbocycles. The summed E-state index contributed by atoms with van der Waals surface area (Å²) in [5.41, 5.74) is 6.00. The molecule has 1 aliphatic heterocycles. The largest absolute Gasteiger partial charge is 0.384 e. The fourth-order valence-corrected chi connectivity index (χ4v) is 2.23. The number of amides is 1. The topological polar surface area (TPSA) is 68.5 Å². The number of likely N-dealkylation sites (tertiary alicyclic amines) is 1. The zero-order valence-corrected chi connectivity index (χ0v) is 10.6. The van der Waals surface area contributed by atoms with Crippen molar-refractivity contribution in [3.8, 4) is 0 Å². The van der Waals surface area contributed by atoms with E-state index < -0.39 is 0 Å². The molecular weight excluding hydrogens is 230 g/mol. The average molecular weight is 249 g/mol. The second kappa shape index (κ2) is 5.82. The van der Waals surface area contributed by atoms with Gasteiger partial charge in [-0.2, -0.15) is 0 Å². The third-order valence-electron chi connectivity index (χ3n) is 3.06. The summed E-state index contributed by atoms with van der Waals surface area (Å²) < 4.78 is 5.58. The van der Waals surface area contributed by atoms with Crippen LogP contribution in [0.3, 0.4) is 0 Å². The van der Waals surface area contributed by atoms with Crippen molar-refractivity contribution in [1.29, 1.82) is 0 Å². The zero-order valence-electron chi connectivity index (χ0n) is 10.6. The van der Waals surface area contributed by atoms with Crippen LogP contribution in [0, 0.1) is 0 Å². The molecule has 1 saturated heterocycles. The van der Waals surface area contributed by atoms with Gasteiger partial charge in [0.05, 0.1) is 6.10 Å². The van der Waals surface area contributed by atoms with E-state index in [1.165, 1.54) is 0 Å². The number of carbonyl (C=O) groups is 1. The first kappa shape index (κ1) is 12.8. The molecule has 1 aromatic rings. The van der Waals surface area contributed by atoms with E-state index in [1.807, 2.05) is 6.92 Å². The van der Waals surface area contributed by atoms with Crippen molar-refractivity contribution in [1.82, 2.24) is 9.88 Å². The molecule has 0 bridgehead atoms. The lowest BCUT2D eigenvalue weighted by molar-refractivity contribution is 0.00704. The third kappa shape index (κ3) is 2.98. The van der Waals surface area contributed by atoms with Gasteiger partial charge in [0.25, 0.3) is 5.91 Å². The number of ether oxygens (including phenoxy) is 1. The normalized spacial score (nSPS) is 19.8. The van der Waals surface area contributed by atoms with Gasteiger partial charge in [-0.3, -0.25) is 4.79 Å². The molecule has 2 rings (SSSR count). The van der Waals surface area contributed by atoms with Crippen LogP contribution in [0.15, 0.2) is 18.2 Å². The van der Waals surface area contributed by atoms with Gasteiger partial charge in [-0.05, 0) is 31.9 Å². The summed E-state index contributed by atoms with van der Waals surface area (Å²) >= 11 is 0. The Bertz CT molecular complexity index is 420. The fraction of sp³-hybridized carbons (Fsp3) is 0.538. The molecule has 1 unspecified atom stereocenters. The van der Waals surface area contributed by atoms with Crippen LogP contribution >= 0.6 is 0 Å². The first-order valence-corrected chi connectivity index (χ1v) is 6.34. The summed E-state index contributed by atoms with van der Waals surface area (Å²) in [4.78, 5) is 18.1. The number of pyridine rings is 1. The Kier molecular flexibility index (Phi) is 4.15. The minimum Gasteiger partial charge on any atom is -0.384 e. The number of anilines is 1. The summed E-state index contributed by atoms with van der Waals surface area (Å²) in [6.07, 6.45) is 2.13. The molecule has 2 N–H and O–H groups in total. The number of nitrogen functional groups attached to an aromatic ring is 1. The quantitative estimate of drug-likeness (QED) is 0.876. The number of hydrogen-bond donors (Lipinski definition) is 1. The number of hydrogen-bond acceptors (Lipinski definition) is 4. The van der Waals surface area contributed by atoms with Gasteiger partial charge in [-0.1, -0.05) is 6.07 Å². The highest BCUT2D eigenvalue weighted by molar-refractivity contribution is 5.92. The van der Waals surface area contributed by atoms with Gasteiger partial charge in [0, 0.05) is 19.7 Å². The molecule has 0 radical (unpaired) electrons. The van der Waals surface area contributed by atoms with Crippen molar-refractivity contribution >= 4 is 11.7 Å². The molecule has 5 nitrogen and oxygen atoms in total. The first-order valence-electron chi connectivity index (χ1n) is 6.34. The van der Waals surface area contributed by atoms with Crippen molar-refractivity contribution in [2.75, 3.05) is 25.4 Å². The Labute approximate surface area is 107 Å². The SMILES string of the molecule is CCOC1CCCN(C(=O)c2cccc(N)n2)C1. The highest BCUT2D eigenvalue weighted by Crippen LogP contribution is 2.15. The predicted octanol–water partition coefficient (Wildman–Crippen LogP) is 1.30. The van der Waals surface area contributed by atoms with E-state index in [9.17, 15) is 4.79 Å². The van der Waals surface area contributed by atoms with E-state index in [2.05, 4.69) is 4.98 Å². The van der Waals surface area contributed by atoms with Gasteiger partial charge in [-0.15, -0.1) is 0 Å². The number of carbonyl (C=O) groups excluding carboxylic acids is 1. The smallest absolute Gasteiger partial charge is 0.272 e. The van der Waals surface area contributed by atoms with E-state index in [4.69, 9.17) is 10.5 Å². The van der Waals surface area contributed by atoms with Crippen molar-refractivity contribution in [2.45, 2.75) is 25.9 Å². The summed E-state index contributed by atoms with van der Waals surface area (Å²) in [6, 6.07) is 5.12. The van der Waals surface area contributed by atoms with E-state index in [-0.39, 0.29) is 12.0 Å². The van der Waals surface area contributed by atoms with E-state index in [0.717, 1.165) is 19.4 Å². The van der Waals surface area contributed by atoms with Gasteiger partial charge in [0.15, 0.2) is 0 Å². The van der Waals surface area contributed by atoms with E-state index in [0.29, 0.717) is 24.7 Å². The summed E-state index contributed by atoms with van der Waals surface area (Å²) in [5, 5.41) is 0. The number of nitrogens with zero attached hydrogens (tertiary/aromatic N) is 2. The predicted molar refractivity (Wildman–Crippen MR) is 69.2 cm³/mol. The van der Waals surface area contributed by atoms with Gasteiger partial charge in [0.1, 0.15) is 11.5 Å². The van der Waals surface area contributed by atoms with Gasteiger partial charge in [-0.25, -0.2) is 4.98 Å². The first-order chi connectivity index (χ1) is 8.70. The van der Waals surface area contributed by atoms with Crippen LogP contribution in [0.5, 0.6) is 0 Å². The minimum atomic E-state index is -0.0632. The number of piperidine rings is 1. The third-order valence-corrected chi connectivity index (χ3v) is 3.06. The van der Waals surface area contributed by atoms with Crippen LogP contribution < -0.4 is 5.73 Å². The zero-order chi connectivity index (χ0) is 13.0. The molecule has 98 valence electrons. The Morgan fingerprint density at radius 2 is 2.44 bits per heavy atom. The van der Waals surface area contributed by atoms with Crippen LogP contribution in [0.2, 0.25) is 0 Å². The van der Waals surface area contributed by atoms with Crippen LogP contribution in [0.1, 0.15) is 30.3 Å². The van der Waals surface area contributed by atoms with Gasteiger partial charge in [0.2, 0.25) is 0 Å². The standard InChI is InChI=1S/C13H19N3O2/c1-2-18-10-5-4-8-16(9-10)13(17)11-6-3-7-12(14)15-11/h3,6-7,10H,2,4-5,8-9H2,1H3,(H2,14,15). The maximum atomic E-state index is 12.3. The summed E-state index contributed by atoms with van der Waals surface area (Å²) in [5.74, 6) is 0.311. The molecular formula is C13H19N3O2. The molecule has 1 atom stereocenters. The highest BCUT2D eigenvalue weighted by atomic mass is 16.5. The van der Waals surface area contributed by atoms with Crippen molar-refractivity contribution < 1.29 is 9.53 Å². The molecule has 2 heterocycles. The van der Waals surface area contributed by atoms with Gasteiger partial charge >= 0.3 is 0 Å². The average Bonchev–Trinajstić information content (AvgIpc) is 2.39. The molecule has 1 aromatic heterocycles. The maximum absolute atomic E-state index is 12.3. The van der Waals surface area contributed by atoms with Gasteiger partial charge < -0.3 is 15.4 Å².